The van der Waals surface area contributed by atoms with Gasteiger partial charge in [0.15, 0.2) is 5.69 Å². The van der Waals surface area contributed by atoms with E-state index in [9.17, 15) is 0 Å². The van der Waals surface area contributed by atoms with Gasteiger partial charge in [0.1, 0.15) is 11.2 Å². The van der Waals surface area contributed by atoms with Gasteiger partial charge in [0.2, 0.25) is 0 Å². The molecule has 14 rings (SSSR count). The van der Waals surface area contributed by atoms with E-state index in [0.717, 1.165) is 62.0 Å². The van der Waals surface area contributed by atoms with Crippen LogP contribution in [0.5, 0.6) is 0 Å². The van der Waals surface area contributed by atoms with Crippen molar-refractivity contribution in [2.24, 2.45) is 23.7 Å². The summed E-state index contributed by atoms with van der Waals surface area (Å²) in [4.78, 5) is 6.03. The van der Waals surface area contributed by atoms with E-state index >= 15 is 0 Å². The molecule has 5 atom stereocenters. The van der Waals surface area contributed by atoms with Crippen LogP contribution in [0.4, 0.5) is 22.7 Å². The third-order valence-electron chi connectivity index (χ3n) is 18.0. The zero-order valence-electron chi connectivity index (χ0n) is 39.6. The number of nitrogens with zero attached hydrogens (tertiary/aromatic N) is 2. The average Bonchev–Trinajstić information content (AvgIpc) is 4.00. The molecule has 3 heteroatoms. The second kappa shape index (κ2) is 15.4. The van der Waals surface area contributed by atoms with E-state index in [4.69, 9.17) is 11.0 Å². The van der Waals surface area contributed by atoms with Crippen molar-refractivity contribution in [3.05, 3.63) is 204 Å². The zero-order valence-corrected chi connectivity index (χ0v) is 39.6. The van der Waals surface area contributed by atoms with Gasteiger partial charge < -0.3 is 9.32 Å². The van der Waals surface area contributed by atoms with Crippen molar-refractivity contribution >= 4 is 44.7 Å². The Hall–Kier alpha value is -7.15. The summed E-state index contributed by atoms with van der Waals surface area (Å²) < 4.78 is 6.94. The van der Waals surface area contributed by atoms with Gasteiger partial charge in [-0.05, 0) is 184 Å². The van der Waals surface area contributed by atoms with Crippen LogP contribution in [0.1, 0.15) is 93.9 Å². The molecule has 2 bridgehead atoms. The van der Waals surface area contributed by atoms with Crippen molar-refractivity contribution < 1.29 is 4.42 Å². The highest BCUT2D eigenvalue weighted by Crippen LogP contribution is 2.65. The summed E-state index contributed by atoms with van der Waals surface area (Å²) in [5.74, 6) is 2.97. The highest BCUT2D eigenvalue weighted by Gasteiger charge is 2.56. The molecule has 3 saturated carbocycles. The fourth-order valence-corrected chi connectivity index (χ4v) is 15.2. The molecule has 8 aromatic carbocycles. The predicted molar refractivity (Wildman–Crippen MR) is 285 cm³/mol. The molecule has 336 valence electrons. The molecule has 0 N–H and O–H groups in total. The van der Waals surface area contributed by atoms with Crippen LogP contribution in [-0.4, -0.2) is 0 Å². The Bertz CT molecular complexity index is 3560. The summed E-state index contributed by atoms with van der Waals surface area (Å²) in [6.45, 7) is 12.5. The number of hydrogen-bond donors (Lipinski definition) is 0. The van der Waals surface area contributed by atoms with Crippen molar-refractivity contribution in [1.29, 1.82) is 0 Å². The van der Waals surface area contributed by atoms with E-state index in [0.29, 0.717) is 17.5 Å². The van der Waals surface area contributed by atoms with Gasteiger partial charge in [0, 0.05) is 44.7 Å². The van der Waals surface area contributed by atoms with Crippen LogP contribution >= 0.6 is 0 Å². The Labute approximate surface area is 406 Å². The molecule has 2 spiro atoms. The van der Waals surface area contributed by atoms with E-state index in [2.05, 4.69) is 169 Å². The quantitative estimate of drug-likeness (QED) is 0.161. The lowest BCUT2D eigenvalue weighted by Crippen LogP contribution is -2.49. The summed E-state index contributed by atoms with van der Waals surface area (Å²) in [7, 11) is 0. The first-order chi connectivity index (χ1) is 33.9. The Morgan fingerprint density at radius 3 is 1.87 bits per heavy atom. The molecular weight excluding hydrogens is 837 g/mol. The van der Waals surface area contributed by atoms with Gasteiger partial charge in [-0.1, -0.05) is 142 Å². The lowest BCUT2D eigenvalue weighted by molar-refractivity contribution is 0.0426. The number of anilines is 3. The van der Waals surface area contributed by atoms with E-state index < -0.39 is 0 Å². The molecule has 0 amide bonds. The Morgan fingerprint density at radius 1 is 0.493 bits per heavy atom. The van der Waals surface area contributed by atoms with Crippen molar-refractivity contribution in [2.45, 2.75) is 82.5 Å². The van der Waals surface area contributed by atoms with Crippen LogP contribution in [0.3, 0.4) is 0 Å². The van der Waals surface area contributed by atoms with Crippen LogP contribution in [0.25, 0.3) is 71.3 Å². The maximum atomic E-state index is 7.44. The van der Waals surface area contributed by atoms with Crippen molar-refractivity contribution in [1.82, 2.24) is 0 Å². The van der Waals surface area contributed by atoms with E-state index in [1.165, 1.54) is 102 Å². The van der Waals surface area contributed by atoms with Crippen LogP contribution in [-0.2, 0) is 10.8 Å². The minimum absolute atomic E-state index is 0.0449. The molecule has 1 unspecified atom stereocenters. The monoisotopic (exact) mass is 892 g/mol. The zero-order chi connectivity index (χ0) is 46.0. The number of fused-ring (bicyclic) bond motifs is 16. The summed E-state index contributed by atoms with van der Waals surface area (Å²) in [6, 6.07) is 63.6. The van der Waals surface area contributed by atoms with E-state index in [1.54, 1.807) is 11.1 Å². The number of rotatable bonds is 5. The van der Waals surface area contributed by atoms with Gasteiger partial charge >= 0.3 is 0 Å². The van der Waals surface area contributed by atoms with E-state index in [1.807, 2.05) is 24.3 Å². The molecule has 1 heterocycles. The smallest absolute Gasteiger partial charge is 0.187 e. The molecule has 0 radical (unpaired) electrons. The maximum Gasteiger partial charge on any atom is 0.187 e. The number of hydrogen-bond acceptors (Lipinski definition) is 2. The van der Waals surface area contributed by atoms with Crippen LogP contribution in [0.15, 0.2) is 174 Å². The summed E-state index contributed by atoms with van der Waals surface area (Å²) in [6.07, 6.45) is 11.6. The lowest BCUT2D eigenvalue weighted by atomic mass is 9.49. The highest BCUT2D eigenvalue weighted by molar-refractivity contribution is 6.07. The summed E-state index contributed by atoms with van der Waals surface area (Å²) in [5.41, 5.74) is 22.3. The SMILES string of the molecule is [C-]#[N+]c1ccc(-c2ccc(N(c3ccc4c(c3)C3(CCCCC3)c3ccccc3-4)c3ccc4c(c3)oc3cc(-c5ccc6c(c5)-c5ccccc5[C@@]65[C@@H]6CC(C[C@@H](C)C6)C[C@@H]5C)ccc34)cc2)cc1. The van der Waals surface area contributed by atoms with Crippen molar-refractivity contribution in [3.63, 3.8) is 0 Å². The average molecular weight is 893 g/mol. The van der Waals surface area contributed by atoms with Gasteiger partial charge in [-0.2, -0.15) is 0 Å². The molecule has 9 aromatic rings. The molecule has 1 aromatic heterocycles. The predicted octanol–water partition coefficient (Wildman–Crippen LogP) is 18.5. The first-order valence-electron chi connectivity index (χ1n) is 25.7. The minimum Gasteiger partial charge on any atom is -0.456 e. The van der Waals surface area contributed by atoms with Gasteiger partial charge in [0.05, 0.1) is 6.57 Å². The van der Waals surface area contributed by atoms with Crippen molar-refractivity contribution in [3.8, 4) is 44.5 Å². The third-order valence-corrected chi connectivity index (χ3v) is 18.0. The standard InChI is InChI=1S/C66H56N2O/c1-41-33-43-35-42(2)66(48(34-41)36-43)60-14-8-6-12-54(60)58-37-46(20-30-61(58)66)47-19-27-56-57-29-26-52(40-64(57)69-63(56)38-47)68(50-23-17-45(18-24-50)44-15-21-49(67-3)22-16-44)51-25-28-55-53-11-5-7-13-59(53)65(62(55)39-51)31-9-4-10-32-65/h5-8,11-30,37-43,48H,4,9-10,31-36H2,1-2H3/t41-,42+,43?,48+,66-/m1/s1. The lowest BCUT2D eigenvalue weighted by Gasteiger charge is -2.54. The molecule has 69 heavy (non-hydrogen) atoms. The normalized spacial score (nSPS) is 22.6. The van der Waals surface area contributed by atoms with Gasteiger partial charge in [0.25, 0.3) is 0 Å². The second-order valence-electron chi connectivity index (χ2n) is 21.6. The molecule has 3 nitrogen and oxygen atoms in total. The number of benzene rings is 8. The van der Waals surface area contributed by atoms with Gasteiger partial charge in [-0.3, -0.25) is 0 Å². The molecule has 0 saturated heterocycles. The first kappa shape index (κ1) is 40.9. The number of furan rings is 1. The largest absolute Gasteiger partial charge is 0.456 e. The van der Waals surface area contributed by atoms with Gasteiger partial charge in [-0.15, -0.1) is 0 Å². The minimum atomic E-state index is 0.0449. The second-order valence-corrected chi connectivity index (χ2v) is 21.6. The third kappa shape index (κ3) is 6.04. The fraction of sp³-hybridized carbons (Fsp3) is 0.258. The maximum absolute atomic E-state index is 7.44. The first-order valence-corrected chi connectivity index (χ1v) is 25.7. The van der Waals surface area contributed by atoms with Gasteiger partial charge in [-0.25, -0.2) is 4.85 Å². The van der Waals surface area contributed by atoms with Crippen molar-refractivity contribution in [2.75, 3.05) is 4.90 Å². The Morgan fingerprint density at radius 2 is 1.09 bits per heavy atom. The summed E-state index contributed by atoms with van der Waals surface area (Å²) in [5, 5.41) is 2.26. The van der Waals surface area contributed by atoms with Crippen LogP contribution in [0.2, 0.25) is 0 Å². The molecule has 0 aliphatic heterocycles. The molecule has 5 aliphatic carbocycles. The highest BCUT2D eigenvalue weighted by atomic mass is 16.3. The van der Waals surface area contributed by atoms with E-state index in [-0.39, 0.29) is 10.8 Å². The molecule has 3 fully saturated rings. The van der Waals surface area contributed by atoms with Crippen LogP contribution in [0, 0.1) is 30.2 Å². The Balaban J connectivity index is 0.864. The Kier molecular flexibility index (Phi) is 9.14. The fourth-order valence-electron chi connectivity index (χ4n) is 15.2. The molecular formula is C66H56N2O. The summed E-state index contributed by atoms with van der Waals surface area (Å²) >= 11 is 0. The topological polar surface area (TPSA) is 20.7 Å². The van der Waals surface area contributed by atoms with Crippen LogP contribution < -0.4 is 4.90 Å². The molecule has 5 aliphatic rings.